The fraction of sp³-hybridized carbons (Fsp3) is 0.571. The average Bonchev–Trinajstić information content (AvgIpc) is 2.35. The molecule has 0 aromatic heterocycles. The summed E-state index contributed by atoms with van der Waals surface area (Å²) in [6, 6.07) is 6.26. The van der Waals surface area contributed by atoms with E-state index in [4.69, 9.17) is 14.0 Å². The fourth-order valence-corrected chi connectivity index (χ4v) is 2.77. The molecule has 20 heavy (non-hydrogen) atoms. The number of ether oxygens (including phenoxy) is 2. The van der Waals surface area contributed by atoms with Crippen molar-refractivity contribution < 1.29 is 22.4 Å². The third kappa shape index (κ3) is 4.28. The van der Waals surface area contributed by atoms with Crippen LogP contribution in [0.1, 0.15) is 32.3 Å². The van der Waals surface area contributed by atoms with Gasteiger partial charge in [0.1, 0.15) is 0 Å². The fourth-order valence-electron chi connectivity index (χ4n) is 2.29. The molecule has 1 aliphatic heterocycles. The summed E-state index contributed by atoms with van der Waals surface area (Å²) in [5.41, 5.74) is 1.02. The lowest BCUT2D eigenvalue weighted by atomic mass is 10.0. The highest BCUT2D eigenvalue weighted by molar-refractivity contribution is 7.85. The van der Waals surface area contributed by atoms with Crippen LogP contribution in [-0.2, 0) is 26.0 Å². The van der Waals surface area contributed by atoms with Crippen LogP contribution < -0.4 is 0 Å². The number of benzene rings is 1. The monoisotopic (exact) mass is 300 g/mol. The molecular weight excluding hydrogens is 280 g/mol. The molecule has 1 N–H and O–H groups in total. The predicted octanol–water partition coefficient (Wildman–Crippen LogP) is 2.41. The van der Waals surface area contributed by atoms with E-state index in [1.165, 1.54) is 12.1 Å². The Labute approximate surface area is 119 Å². The van der Waals surface area contributed by atoms with E-state index in [1.807, 2.05) is 13.8 Å². The summed E-state index contributed by atoms with van der Waals surface area (Å²) in [4.78, 5) is -0.0790. The second-order valence-corrected chi connectivity index (χ2v) is 6.86. The van der Waals surface area contributed by atoms with E-state index in [0.29, 0.717) is 6.61 Å². The summed E-state index contributed by atoms with van der Waals surface area (Å²) < 4.78 is 42.1. The van der Waals surface area contributed by atoms with Gasteiger partial charge in [0.25, 0.3) is 10.1 Å². The summed E-state index contributed by atoms with van der Waals surface area (Å²) in [6.45, 7) is 4.50. The van der Waals surface area contributed by atoms with Gasteiger partial charge in [-0.3, -0.25) is 4.55 Å². The maximum atomic E-state index is 10.9. The van der Waals surface area contributed by atoms with Crippen LogP contribution in [0.15, 0.2) is 29.2 Å². The lowest BCUT2D eigenvalue weighted by molar-refractivity contribution is -0.273. The highest BCUT2D eigenvalue weighted by Crippen LogP contribution is 2.24. The minimum absolute atomic E-state index is 0.0790. The summed E-state index contributed by atoms with van der Waals surface area (Å²) in [7, 11) is -4.11. The second-order valence-electron chi connectivity index (χ2n) is 5.43. The number of hydrogen-bond donors (Lipinski definition) is 1. The first-order valence-corrected chi connectivity index (χ1v) is 8.08. The van der Waals surface area contributed by atoms with E-state index in [-0.39, 0.29) is 11.0 Å². The van der Waals surface area contributed by atoms with Crippen LogP contribution >= 0.6 is 0 Å². The van der Waals surface area contributed by atoms with Gasteiger partial charge in [0.05, 0.1) is 17.6 Å². The van der Waals surface area contributed by atoms with E-state index >= 15 is 0 Å². The quantitative estimate of drug-likeness (QED) is 0.864. The summed E-state index contributed by atoms with van der Waals surface area (Å²) in [6.07, 6.45) is 2.68. The first-order chi connectivity index (χ1) is 9.26. The van der Waals surface area contributed by atoms with Crippen LogP contribution in [-0.4, -0.2) is 31.5 Å². The van der Waals surface area contributed by atoms with Crippen LogP contribution in [0.25, 0.3) is 0 Å². The molecule has 0 spiro atoms. The van der Waals surface area contributed by atoms with Crippen molar-refractivity contribution in [3.63, 3.8) is 0 Å². The van der Waals surface area contributed by atoms with Gasteiger partial charge >= 0.3 is 0 Å². The molecule has 5 nitrogen and oxygen atoms in total. The number of aryl methyl sites for hydroxylation is 1. The molecule has 1 fully saturated rings. The second kappa shape index (κ2) is 5.81. The third-order valence-electron chi connectivity index (χ3n) is 3.32. The van der Waals surface area contributed by atoms with Crippen LogP contribution in [0.4, 0.5) is 0 Å². The lowest BCUT2D eigenvalue weighted by Crippen LogP contribution is -2.39. The molecule has 6 heteroatoms. The van der Waals surface area contributed by atoms with Crippen LogP contribution in [0.2, 0.25) is 0 Å². The van der Waals surface area contributed by atoms with E-state index in [9.17, 15) is 8.42 Å². The van der Waals surface area contributed by atoms with Gasteiger partial charge in [-0.05, 0) is 50.8 Å². The lowest BCUT2D eigenvalue weighted by Gasteiger charge is -2.36. The topological polar surface area (TPSA) is 72.8 Å². The van der Waals surface area contributed by atoms with Gasteiger partial charge in [0.15, 0.2) is 5.79 Å². The minimum Gasteiger partial charge on any atom is -0.350 e. The van der Waals surface area contributed by atoms with Crippen molar-refractivity contribution in [2.24, 2.45) is 0 Å². The molecule has 0 unspecified atom stereocenters. The van der Waals surface area contributed by atoms with Gasteiger partial charge < -0.3 is 9.47 Å². The largest absolute Gasteiger partial charge is 0.350 e. The minimum atomic E-state index is -4.11. The zero-order valence-electron chi connectivity index (χ0n) is 11.7. The van der Waals surface area contributed by atoms with E-state index in [2.05, 4.69) is 0 Å². The van der Waals surface area contributed by atoms with Crippen LogP contribution in [0.5, 0.6) is 0 Å². The molecule has 1 aromatic rings. The van der Waals surface area contributed by atoms with Crippen molar-refractivity contribution in [2.45, 2.75) is 49.9 Å². The summed E-state index contributed by atoms with van der Waals surface area (Å²) >= 11 is 0. The van der Waals surface area contributed by atoms with Crippen molar-refractivity contribution in [2.75, 3.05) is 6.61 Å². The van der Waals surface area contributed by atoms with Gasteiger partial charge in [0, 0.05) is 0 Å². The predicted molar refractivity (Wildman–Crippen MR) is 74.1 cm³/mol. The molecule has 0 bridgehead atoms. The van der Waals surface area contributed by atoms with Crippen molar-refractivity contribution in [3.05, 3.63) is 29.8 Å². The Bertz CT molecular complexity index is 547. The van der Waals surface area contributed by atoms with Gasteiger partial charge in [-0.15, -0.1) is 0 Å². The van der Waals surface area contributed by atoms with Crippen LogP contribution in [0.3, 0.4) is 0 Å². The zero-order chi connectivity index (χ0) is 14.8. The third-order valence-corrected chi connectivity index (χ3v) is 4.18. The number of rotatable bonds is 4. The van der Waals surface area contributed by atoms with Gasteiger partial charge in [-0.1, -0.05) is 12.1 Å². The van der Waals surface area contributed by atoms with Gasteiger partial charge in [-0.25, -0.2) is 0 Å². The summed E-state index contributed by atoms with van der Waals surface area (Å²) in [5, 5.41) is 0. The van der Waals surface area contributed by atoms with Crippen molar-refractivity contribution >= 4 is 10.1 Å². The van der Waals surface area contributed by atoms with Crippen molar-refractivity contribution in [1.82, 2.24) is 0 Å². The van der Waals surface area contributed by atoms with Crippen molar-refractivity contribution in [3.8, 4) is 0 Å². The standard InChI is InChI=1S/C14H20O5S/c1-14(2)18-10-9-12(19-14)6-3-11-4-7-13(8-5-11)20(15,16)17/h4-5,7-8,12H,3,6,9-10H2,1-2H3,(H,15,16,17)/t12-/m1/s1. The first kappa shape index (κ1) is 15.4. The SMILES string of the molecule is CC1(C)OCC[C@@H](CCc2ccc(S(=O)(=O)O)cc2)O1. The molecule has 0 radical (unpaired) electrons. The van der Waals surface area contributed by atoms with Gasteiger partial charge in [-0.2, -0.15) is 8.42 Å². The smallest absolute Gasteiger partial charge is 0.294 e. The highest BCUT2D eigenvalue weighted by Gasteiger charge is 2.28. The Hall–Kier alpha value is -0.950. The molecule has 1 saturated heterocycles. The molecule has 1 atom stereocenters. The molecule has 0 aliphatic carbocycles. The molecule has 0 amide bonds. The first-order valence-electron chi connectivity index (χ1n) is 6.64. The molecule has 1 heterocycles. The Balaban J connectivity index is 1.91. The zero-order valence-corrected chi connectivity index (χ0v) is 12.5. The molecule has 112 valence electrons. The van der Waals surface area contributed by atoms with E-state index in [1.54, 1.807) is 12.1 Å². The molecule has 1 aromatic carbocycles. The Morgan fingerprint density at radius 1 is 1.30 bits per heavy atom. The molecule has 0 saturated carbocycles. The molecule has 2 rings (SSSR count). The van der Waals surface area contributed by atoms with Gasteiger partial charge in [0.2, 0.25) is 0 Å². The van der Waals surface area contributed by atoms with Crippen LogP contribution in [0, 0.1) is 0 Å². The van der Waals surface area contributed by atoms with E-state index < -0.39 is 15.9 Å². The molecular formula is C14H20O5S. The number of hydrogen-bond acceptors (Lipinski definition) is 4. The average molecular weight is 300 g/mol. The normalized spacial score (nSPS) is 22.6. The highest BCUT2D eigenvalue weighted by atomic mass is 32.2. The summed E-state index contributed by atoms with van der Waals surface area (Å²) in [5.74, 6) is -0.530. The Morgan fingerprint density at radius 2 is 1.95 bits per heavy atom. The van der Waals surface area contributed by atoms with E-state index in [0.717, 1.165) is 24.8 Å². The Kier molecular flexibility index (Phi) is 4.49. The maximum Gasteiger partial charge on any atom is 0.294 e. The van der Waals surface area contributed by atoms with Crippen molar-refractivity contribution in [1.29, 1.82) is 0 Å². The maximum absolute atomic E-state index is 10.9. The molecule has 1 aliphatic rings. The Morgan fingerprint density at radius 3 is 2.50 bits per heavy atom.